The van der Waals surface area contributed by atoms with Crippen LogP contribution in [0.2, 0.25) is 0 Å². The molecule has 2 aliphatic rings. The predicted octanol–water partition coefficient (Wildman–Crippen LogP) is 1.69. The molecule has 2 rings (SSSR count). The molecule has 1 N–H and O–H groups in total. The first-order chi connectivity index (χ1) is 7.35. The first-order valence-corrected chi connectivity index (χ1v) is 6.46. The largest absolute Gasteiger partial charge is 0.355 e. The fraction of sp³-hybridized carbons (Fsp3) is 1.00. The second kappa shape index (κ2) is 3.97. The van der Waals surface area contributed by atoms with E-state index in [4.69, 9.17) is 4.74 Å². The van der Waals surface area contributed by atoms with Crippen molar-refractivity contribution in [2.24, 2.45) is 11.3 Å². The highest BCUT2D eigenvalue weighted by Crippen LogP contribution is 2.38. The van der Waals surface area contributed by atoms with E-state index in [-0.39, 0.29) is 11.1 Å². The van der Waals surface area contributed by atoms with Crippen LogP contribution in [-0.4, -0.2) is 43.4 Å². The normalized spacial score (nSPS) is 39.8. The molecule has 0 aromatic carbocycles. The van der Waals surface area contributed by atoms with Gasteiger partial charge in [0, 0.05) is 31.5 Å². The maximum atomic E-state index is 6.43. The summed E-state index contributed by atoms with van der Waals surface area (Å²) in [6, 6.07) is 0. The Labute approximate surface area is 99.5 Å². The Morgan fingerprint density at radius 3 is 2.56 bits per heavy atom. The molecular formula is C13H26N2O. The third-order valence-electron chi connectivity index (χ3n) is 4.02. The van der Waals surface area contributed by atoms with Gasteiger partial charge in [-0.1, -0.05) is 27.7 Å². The maximum absolute atomic E-state index is 6.43. The van der Waals surface area contributed by atoms with Gasteiger partial charge in [0.25, 0.3) is 0 Å². The molecule has 0 aliphatic carbocycles. The fourth-order valence-corrected chi connectivity index (χ4v) is 3.18. The van der Waals surface area contributed by atoms with Crippen LogP contribution in [-0.2, 0) is 4.74 Å². The highest BCUT2D eigenvalue weighted by atomic mass is 16.5. The Morgan fingerprint density at radius 1 is 1.38 bits per heavy atom. The quantitative estimate of drug-likeness (QED) is 0.736. The molecule has 2 atom stereocenters. The Bertz CT molecular complexity index is 265. The first-order valence-electron chi connectivity index (χ1n) is 6.46. The molecular weight excluding hydrogens is 200 g/mol. The summed E-state index contributed by atoms with van der Waals surface area (Å²) in [6.07, 6.45) is 1.48. The van der Waals surface area contributed by atoms with E-state index in [1.165, 1.54) is 0 Å². The van der Waals surface area contributed by atoms with Gasteiger partial charge in [0.2, 0.25) is 0 Å². The molecule has 1 spiro atoms. The Morgan fingerprint density at radius 2 is 2.06 bits per heavy atom. The molecule has 2 unspecified atom stereocenters. The van der Waals surface area contributed by atoms with Crippen molar-refractivity contribution in [2.75, 3.05) is 26.7 Å². The zero-order chi connectivity index (χ0) is 12.0. The summed E-state index contributed by atoms with van der Waals surface area (Å²) in [4.78, 5) is 2.35. The molecule has 3 heteroatoms. The van der Waals surface area contributed by atoms with Gasteiger partial charge in [-0.25, -0.2) is 0 Å². The van der Waals surface area contributed by atoms with Crippen LogP contribution in [0.4, 0.5) is 0 Å². The molecule has 2 aliphatic heterocycles. The molecule has 16 heavy (non-hydrogen) atoms. The van der Waals surface area contributed by atoms with Crippen molar-refractivity contribution in [3.05, 3.63) is 0 Å². The summed E-state index contributed by atoms with van der Waals surface area (Å²) in [5.41, 5.74) is 0.166. The number of hydrogen-bond donors (Lipinski definition) is 1. The van der Waals surface area contributed by atoms with Gasteiger partial charge >= 0.3 is 0 Å². The highest BCUT2D eigenvalue weighted by Gasteiger charge is 2.48. The Hall–Kier alpha value is -0.120. The highest BCUT2D eigenvalue weighted by molar-refractivity contribution is 4.98. The SMILES string of the molecule is CC(C)C1OC2(CCN(C)C2)NCC1(C)C. The fourth-order valence-electron chi connectivity index (χ4n) is 3.18. The third-order valence-corrected chi connectivity index (χ3v) is 4.02. The van der Waals surface area contributed by atoms with E-state index in [2.05, 4.69) is 45.0 Å². The van der Waals surface area contributed by atoms with Gasteiger partial charge in [-0.3, -0.25) is 5.32 Å². The maximum Gasteiger partial charge on any atom is 0.133 e. The summed E-state index contributed by atoms with van der Waals surface area (Å²) < 4.78 is 6.43. The van der Waals surface area contributed by atoms with Crippen molar-refractivity contribution in [1.29, 1.82) is 0 Å². The van der Waals surface area contributed by atoms with E-state index in [0.717, 1.165) is 26.1 Å². The molecule has 0 radical (unpaired) electrons. The standard InChI is InChI=1S/C13H26N2O/c1-10(2)11-12(3,4)8-14-13(16-11)6-7-15(5)9-13/h10-11,14H,6-9H2,1-5H3. The molecule has 0 aromatic heterocycles. The van der Waals surface area contributed by atoms with Crippen LogP contribution < -0.4 is 5.32 Å². The van der Waals surface area contributed by atoms with Crippen LogP contribution in [0, 0.1) is 11.3 Å². The van der Waals surface area contributed by atoms with Crippen molar-refractivity contribution in [3.63, 3.8) is 0 Å². The summed E-state index contributed by atoms with van der Waals surface area (Å²) in [5.74, 6) is 0.583. The van der Waals surface area contributed by atoms with E-state index >= 15 is 0 Å². The topological polar surface area (TPSA) is 24.5 Å². The summed E-state index contributed by atoms with van der Waals surface area (Å²) >= 11 is 0. The minimum atomic E-state index is -0.0702. The second-order valence-electron chi connectivity index (χ2n) is 6.61. The lowest BCUT2D eigenvalue weighted by molar-refractivity contribution is -0.196. The van der Waals surface area contributed by atoms with Gasteiger partial charge in [-0.15, -0.1) is 0 Å². The summed E-state index contributed by atoms with van der Waals surface area (Å²) in [7, 11) is 2.17. The second-order valence-corrected chi connectivity index (χ2v) is 6.61. The molecule has 3 nitrogen and oxygen atoms in total. The monoisotopic (exact) mass is 226 g/mol. The smallest absolute Gasteiger partial charge is 0.133 e. The van der Waals surface area contributed by atoms with E-state index in [0.29, 0.717) is 12.0 Å². The van der Waals surface area contributed by atoms with E-state index in [1.54, 1.807) is 0 Å². The van der Waals surface area contributed by atoms with Crippen LogP contribution in [0.15, 0.2) is 0 Å². The predicted molar refractivity (Wildman–Crippen MR) is 66.3 cm³/mol. The van der Waals surface area contributed by atoms with Crippen molar-refractivity contribution in [3.8, 4) is 0 Å². The number of nitrogens with one attached hydrogen (secondary N) is 1. The molecule has 0 bridgehead atoms. The van der Waals surface area contributed by atoms with Gasteiger partial charge in [0.05, 0.1) is 6.10 Å². The lowest BCUT2D eigenvalue weighted by atomic mass is 9.78. The number of likely N-dealkylation sites (tertiary alicyclic amines) is 1. The summed E-state index contributed by atoms with van der Waals surface area (Å²) in [6.45, 7) is 12.4. The van der Waals surface area contributed by atoms with Crippen molar-refractivity contribution < 1.29 is 4.74 Å². The average Bonchev–Trinajstić information content (AvgIpc) is 2.53. The molecule has 0 aromatic rings. The van der Waals surface area contributed by atoms with Gasteiger partial charge in [-0.2, -0.15) is 0 Å². The van der Waals surface area contributed by atoms with Crippen LogP contribution in [0.25, 0.3) is 0 Å². The Balaban J connectivity index is 2.12. The molecule has 2 saturated heterocycles. The minimum Gasteiger partial charge on any atom is -0.355 e. The number of nitrogens with zero attached hydrogens (tertiary/aromatic N) is 1. The van der Waals surface area contributed by atoms with E-state index < -0.39 is 0 Å². The zero-order valence-electron chi connectivity index (χ0n) is 11.3. The first kappa shape index (κ1) is 12.3. The van der Waals surface area contributed by atoms with Crippen LogP contribution in [0.1, 0.15) is 34.1 Å². The molecule has 0 saturated carbocycles. The molecule has 94 valence electrons. The molecule has 2 heterocycles. The Kier molecular flexibility index (Phi) is 3.06. The lowest BCUT2D eigenvalue weighted by Gasteiger charge is -2.49. The number of likely N-dealkylation sites (N-methyl/N-ethyl adjacent to an activating group) is 1. The summed E-state index contributed by atoms with van der Waals surface area (Å²) in [5, 5.41) is 3.64. The van der Waals surface area contributed by atoms with Gasteiger partial charge in [0.1, 0.15) is 5.72 Å². The number of hydrogen-bond acceptors (Lipinski definition) is 3. The number of rotatable bonds is 1. The molecule has 2 fully saturated rings. The third kappa shape index (κ3) is 2.13. The average molecular weight is 226 g/mol. The van der Waals surface area contributed by atoms with Crippen LogP contribution in [0.5, 0.6) is 0 Å². The van der Waals surface area contributed by atoms with Crippen LogP contribution in [0.3, 0.4) is 0 Å². The lowest BCUT2D eigenvalue weighted by Crippen LogP contribution is -2.63. The van der Waals surface area contributed by atoms with Gasteiger partial charge in [0.15, 0.2) is 0 Å². The van der Waals surface area contributed by atoms with Crippen molar-refractivity contribution in [2.45, 2.75) is 45.9 Å². The molecule has 0 amide bonds. The minimum absolute atomic E-state index is 0.0702. The van der Waals surface area contributed by atoms with E-state index in [9.17, 15) is 0 Å². The van der Waals surface area contributed by atoms with Crippen LogP contribution >= 0.6 is 0 Å². The van der Waals surface area contributed by atoms with Gasteiger partial charge < -0.3 is 9.64 Å². The number of ether oxygens (including phenoxy) is 1. The zero-order valence-corrected chi connectivity index (χ0v) is 11.3. The van der Waals surface area contributed by atoms with Crippen molar-refractivity contribution >= 4 is 0 Å². The van der Waals surface area contributed by atoms with E-state index in [1.807, 2.05) is 0 Å². The van der Waals surface area contributed by atoms with Crippen molar-refractivity contribution in [1.82, 2.24) is 10.2 Å². The van der Waals surface area contributed by atoms with Gasteiger partial charge in [-0.05, 0) is 13.0 Å².